The molecule has 0 fully saturated rings. The molecular formula is C18H23ClN4O4S2. The van der Waals surface area contributed by atoms with Crippen LogP contribution in [0.25, 0.3) is 0 Å². The van der Waals surface area contributed by atoms with E-state index in [4.69, 9.17) is 11.6 Å². The number of amides is 1. The van der Waals surface area contributed by atoms with Gasteiger partial charge in [0.1, 0.15) is 5.84 Å². The van der Waals surface area contributed by atoms with Crippen LogP contribution < -0.4 is 10.6 Å². The standard InChI is InChI=1S/C18H23ClN4O4S2/c1-23(2)17(22-29(3,26)27)12-4-6-13(7-5-12)20-10-14(24)11-21-18(25)15-8-9-16(19)28-15/h4-9,14,20,24H,10-11H2,1-3H3,(H,21,25)/b22-17+. The number of aliphatic hydroxyl groups is 1. The highest BCUT2D eigenvalue weighted by Gasteiger charge is 2.12. The van der Waals surface area contributed by atoms with E-state index in [9.17, 15) is 18.3 Å². The van der Waals surface area contributed by atoms with Crippen LogP contribution in [0.1, 0.15) is 15.2 Å². The zero-order valence-electron chi connectivity index (χ0n) is 16.2. The Kier molecular flexibility index (Phi) is 8.03. The van der Waals surface area contributed by atoms with Gasteiger partial charge in [0.25, 0.3) is 15.9 Å². The van der Waals surface area contributed by atoms with Crippen LogP contribution in [0.15, 0.2) is 40.8 Å². The maximum absolute atomic E-state index is 11.9. The molecule has 1 amide bonds. The van der Waals surface area contributed by atoms with E-state index in [1.807, 2.05) is 0 Å². The van der Waals surface area contributed by atoms with Crippen LogP contribution in [0.3, 0.4) is 0 Å². The lowest BCUT2D eigenvalue weighted by atomic mass is 10.1. The molecule has 1 atom stereocenters. The smallest absolute Gasteiger partial charge is 0.261 e. The van der Waals surface area contributed by atoms with Gasteiger partial charge in [0.15, 0.2) is 0 Å². The van der Waals surface area contributed by atoms with Crippen LogP contribution in [0, 0.1) is 0 Å². The molecule has 0 bridgehead atoms. The minimum atomic E-state index is -3.52. The summed E-state index contributed by atoms with van der Waals surface area (Å²) >= 11 is 6.98. The molecule has 0 saturated carbocycles. The topological polar surface area (TPSA) is 111 Å². The Morgan fingerprint density at radius 3 is 2.38 bits per heavy atom. The number of hydrogen-bond acceptors (Lipinski definition) is 6. The second-order valence-electron chi connectivity index (χ2n) is 6.47. The van der Waals surface area contributed by atoms with Crippen molar-refractivity contribution in [3.8, 4) is 0 Å². The first-order valence-electron chi connectivity index (χ1n) is 8.58. The number of nitrogens with one attached hydrogen (secondary N) is 2. The summed E-state index contributed by atoms with van der Waals surface area (Å²) in [7, 11) is -0.0972. The summed E-state index contributed by atoms with van der Waals surface area (Å²) in [6, 6.07) is 10.3. The molecule has 158 valence electrons. The molecule has 2 rings (SSSR count). The Bertz CT molecular complexity index is 972. The number of halogens is 1. The Labute approximate surface area is 179 Å². The molecule has 0 aliphatic carbocycles. The number of amidine groups is 1. The van der Waals surface area contributed by atoms with Gasteiger partial charge in [0, 0.05) is 38.4 Å². The van der Waals surface area contributed by atoms with Crippen molar-refractivity contribution in [3.63, 3.8) is 0 Å². The number of sulfonamides is 1. The van der Waals surface area contributed by atoms with Crippen molar-refractivity contribution >= 4 is 50.4 Å². The molecule has 1 aromatic carbocycles. The van der Waals surface area contributed by atoms with Crippen molar-refractivity contribution in [1.82, 2.24) is 10.2 Å². The van der Waals surface area contributed by atoms with Crippen molar-refractivity contribution in [2.24, 2.45) is 4.40 Å². The summed E-state index contributed by atoms with van der Waals surface area (Å²) in [4.78, 5) is 14.0. The first-order chi connectivity index (χ1) is 13.5. The molecule has 0 saturated heterocycles. The molecule has 2 aromatic rings. The third-order valence-electron chi connectivity index (χ3n) is 3.66. The number of anilines is 1. The predicted octanol–water partition coefficient (Wildman–Crippen LogP) is 1.87. The predicted molar refractivity (Wildman–Crippen MR) is 118 cm³/mol. The van der Waals surface area contributed by atoms with Gasteiger partial charge in [-0.05, 0) is 36.4 Å². The SMILES string of the molecule is CN(C)/C(=N/S(C)(=O)=O)c1ccc(NCC(O)CNC(=O)c2ccc(Cl)s2)cc1. The van der Waals surface area contributed by atoms with Gasteiger partial charge in [-0.25, -0.2) is 8.42 Å². The molecule has 1 unspecified atom stereocenters. The van der Waals surface area contributed by atoms with Gasteiger partial charge in [0.2, 0.25) is 0 Å². The van der Waals surface area contributed by atoms with E-state index in [-0.39, 0.29) is 19.0 Å². The highest BCUT2D eigenvalue weighted by atomic mass is 35.5. The molecule has 0 spiro atoms. The number of benzene rings is 1. The average Bonchev–Trinajstić information content (AvgIpc) is 3.08. The van der Waals surface area contributed by atoms with Gasteiger partial charge in [0.05, 0.1) is 21.6 Å². The molecule has 8 nitrogen and oxygen atoms in total. The molecule has 0 aliphatic heterocycles. The highest BCUT2D eigenvalue weighted by molar-refractivity contribution is 7.89. The molecule has 11 heteroatoms. The van der Waals surface area contributed by atoms with Crippen LogP contribution in [0.4, 0.5) is 5.69 Å². The minimum absolute atomic E-state index is 0.0885. The van der Waals surface area contributed by atoms with Gasteiger partial charge in [-0.3, -0.25) is 4.79 Å². The average molecular weight is 459 g/mol. The van der Waals surface area contributed by atoms with Crippen LogP contribution >= 0.6 is 22.9 Å². The van der Waals surface area contributed by atoms with E-state index >= 15 is 0 Å². The number of hydrogen-bond donors (Lipinski definition) is 3. The summed E-state index contributed by atoms with van der Waals surface area (Å²) in [5.41, 5.74) is 1.38. The number of thiophene rings is 1. The van der Waals surface area contributed by atoms with Crippen LogP contribution in [0.5, 0.6) is 0 Å². The van der Waals surface area contributed by atoms with E-state index in [1.54, 1.807) is 55.4 Å². The van der Waals surface area contributed by atoms with Crippen LogP contribution in [0.2, 0.25) is 4.34 Å². The van der Waals surface area contributed by atoms with Crippen LogP contribution in [-0.2, 0) is 10.0 Å². The largest absolute Gasteiger partial charge is 0.389 e. The van der Waals surface area contributed by atoms with Crippen molar-refractivity contribution in [2.45, 2.75) is 6.10 Å². The van der Waals surface area contributed by atoms with Crippen molar-refractivity contribution in [3.05, 3.63) is 51.2 Å². The number of carbonyl (C=O) groups is 1. The molecule has 3 N–H and O–H groups in total. The van der Waals surface area contributed by atoms with E-state index in [0.29, 0.717) is 20.6 Å². The van der Waals surface area contributed by atoms with E-state index in [2.05, 4.69) is 15.0 Å². The van der Waals surface area contributed by atoms with Gasteiger partial charge in [-0.2, -0.15) is 0 Å². The van der Waals surface area contributed by atoms with Crippen LogP contribution in [-0.4, -0.2) is 69.7 Å². The maximum atomic E-state index is 11.9. The van der Waals surface area contributed by atoms with Gasteiger partial charge in [-0.15, -0.1) is 15.7 Å². The summed E-state index contributed by atoms with van der Waals surface area (Å²) in [6.45, 7) is 0.314. The summed E-state index contributed by atoms with van der Waals surface area (Å²) in [5, 5.41) is 15.8. The lowest BCUT2D eigenvalue weighted by molar-refractivity contribution is 0.0926. The third-order valence-corrected chi connectivity index (χ3v) is 5.39. The number of aliphatic hydroxyl groups excluding tert-OH is 1. The number of nitrogens with zero attached hydrogens (tertiary/aromatic N) is 2. The first kappa shape index (κ1) is 23.1. The fourth-order valence-corrected chi connectivity index (χ4v) is 3.87. The first-order valence-corrected chi connectivity index (χ1v) is 11.6. The van der Waals surface area contributed by atoms with Gasteiger partial charge >= 0.3 is 0 Å². The van der Waals surface area contributed by atoms with Gasteiger partial charge in [-0.1, -0.05) is 11.6 Å². The summed E-state index contributed by atoms with van der Waals surface area (Å²) in [6.07, 6.45) is 0.248. The normalized spacial score (nSPS) is 13.1. The van der Waals surface area contributed by atoms with Crippen molar-refractivity contribution in [2.75, 3.05) is 38.8 Å². The summed E-state index contributed by atoms with van der Waals surface area (Å²) in [5.74, 6) is 0.0437. The molecule has 29 heavy (non-hydrogen) atoms. The lowest BCUT2D eigenvalue weighted by Gasteiger charge is -2.17. The summed E-state index contributed by atoms with van der Waals surface area (Å²) < 4.78 is 27.2. The quantitative estimate of drug-likeness (QED) is 0.411. The fourth-order valence-electron chi connectivity index (χ4n) is 2.33. The maximum Gasteiger partial charge on any atom is 0.261 e. The van der Waals surface area contributed by atoms with E-state index in [0.717, 1.165) is 11.9 Å². The fraction of sp³-hybridized carbons (Fsp3) is 0.333. The Hall–Kier alpha value is -2.14. The Morgan fingerprint density at radius 1 is 1.21 bits per heavy atom. The monoisotopic (exact) mass is 458 g/mol. The Balaban J connectivity index is 1.89. The second-order valence-corrected chi connectivity index (χ2v) is 9.83. The minimum Gasteiger partial charge on any atom is -0.389 e. The van der Waals surface area contributed by atoms with E-state index < -0.39 is 16.1 Å². The molecule has 1 heterocycles. The Morgan fingerprint density at radius 2 is 1.86 bits per heavy atom. The molecule has 0 aliphatic rings. The molecule has 0 radical (unpaired) electrons. The zero-order valence-corrected chi connectivity index (χ0v) is 18.6. The molecule has 1 aromatic heterocycles. The molecular weight excluding hydrogens is 436 g/mol. The van der Waals surface area contributed by atoms with Gasteiger partial charge < -0.3 is 20.6 Å². The number of carbonyl (C=O) groups excluding carboxylic acids is 1. The zero-order chi connectivity index (χ0) is 21.6. The van der Waals surface area contributed by atoms with E-state index in [1.165, 1.54) is 11.3 Å². The van der Waals surface area contributed by atoms with Crippen molar-refractivity contribution < 1.29 is 18.3 Å². The lowest BCUT2D eigenvalue weighted by Crippen LogP contribution is -2.35. The second kappa shape index (κ2) is 10.1. The highest BCUT2D eigenvalue weighted by Crippen LogP contribution is 2.21. The number of rotatable bonds is 8. The third kappa shape index (κ3) is 7.65. The van der Waals surface area contributed by atoms with Crippen molar-refractivity contribution in [1.29, 1.82) is 0 Å².